The molecule has 0 aliphatic carbocycles. The molecule has 0 saturated carbocycles. The van der Waals surface area contributed by atoms with Crippen LogP contribution in [0.2, 0.25) is 10.0 Å². The number of rotatable bonds is 14. The topological polar surface area (TPSA) is 96.0 Å². The van der Waals surface area contributed by atoms with Crippen LogP contribution in [0.3, 0.4) is 0 Å². The van der Waals surface area contributed by atoms with E-state index in [1.165, 1.54) is 36.3 Å². The number of nitrogens with zero attached hydrogens (tertiary/aromatic N) is 2. The van der Waals surface area contributed by atoms with Gasteiger partial charge in [-0.15, -0.1) is 0 Å². The second-order valence-corrected chi connectivity index (χ2v) is 13.6. The van der Waals surface area contributed by atoms with Crippen molar-refractivity contribution < 1.29 is 22.7 Å². The summed E-state index contributed by atoms with van der Waals surface area (Å²) in [6.45, 7) is 3.20. The minimum absolute atomic E-state index is 0.00325. The summed E-state index contributed by atoms with van der Waals surface area (Å²) >= 11 is 12.7. The first-order chi connectivity index (χ1) is 22.0. The van der Waals surface area contributed by atoms with Gasteiger partial charge < -0.3 is 15.0 Å². The van der Waals surface area contributed by atoms with E-state index in [2.05, 4.69) is 5.32 Å². The SMILES string of the molecule is CC[C@H](C)NC(=O)[C@H](Cc1ccccc1)N(Cc1cccc(Cl)c1)C(=O)CN(c1cc(Cl)ccc1OC)S(=O)(=O)c1ccccc1. The second kappa shape index (κ2) is 16.0. The molecule has 4 rings (SSSR count). The molecule has 0 fully saturated rings. The van der Waals surface area contributed by atoms with Crippen LogP contribution < -0.4 is 14.4 Å². The van der Waals surface area contributed by atoms with Gasteiger partial charge in [0, 0.05) is 29.1 Å². The molecule has 0 bridgehead atoms. The van der Waals surface area contributed by atoms with Crippen LogP contribution in [-0.4, -0.2) is 50.9 Å². The summed E-state index contributed by atoms with van der Waals surface area (Å²) < 4.78 is 34.9. The molecule has 1 N–H and O–H groups in total. The number of anilines is 1. The molecule has 0 saturated heterocycles. The Morgan fingerprint density at radius 1 is 0.848 bits per heavy atom. The Morgan fingerprint density at radius 2 is 1.48 bits per heavy atom. The lowest BCUT2D eigenvalue weighted by molar-refractivity contribution is -0.140. The molecule has 2 amide bonds. The molecule has 0 aliphatic rings. The second-order valence-electron chi connectivity index (χ2n) is 10.8. The molecular weight excluding hydrogens is 645 g/mol. The molecule has 0 aliphatic heterocycles. The quantitative estimate of drug-likeness (QED) is 0.159. The summed E-state index contributed by atoms with van der Waals surface area (Å²) in [5.41, 5.74) is 1.59. The van der Waals surface area contributed by atoms with Crippen molar-refractivity contribution in [3.63, 3.8) is 0 Å². The largest absolute Gasteiger partial charge is 0.495 e. The zero-order chi connectivity index (χ0) is 33.3. The number of sulfonamides is 1. The maximum Gasteiger partial charge on any atom is 0.264 e. The summed E-state index contributed by atoms with van der Waals surface area (Å²) in [5, 5.41) is 3.74. The van der Waals surface area contributed by atoms with Crippen molar-refractivity contribution in [1.82, 2.24) is 10.2 Å². The van der Waals surface area contributed by atoms with E-state index >= 15 is 0 Å². The molecule has 4 aromatic rings. The lowest BCUT2D eigenvalue weighted by Gasteiger charge is -2.34. The predicted octanol–water partition coefficient (Wildman–Crippen LogP) is 6.75. The van der Waals surface area contributed by atoms with Crippen molar-refractivity contribution in [2.75, 3.05) is 18.0 Å². The Labute approximate surface area is 280 Å². The van der Waals surface area contributed by atoms with Crippen molar-refractivity contribution in [3.8, 4) is 5.75 Å². The van der Waals surface area contributed by atoms with Crippen LogP contribution in [0.1, 0.15) is 31.4 Å². The van der Waals surface area contributed by atoms with E-state index in [-0.39, 0.29) is 46.3 Å². The van der Waals surface area contributed by atoms with E-state index in [0.717, 1.165) is 9.87 Å². The molecule has 0 unspecified atom stereocenters. The number of halogens is 2. The third-order valence-corrected chi connectivity index (χ3v) is 9.78. The van der Waals surface area contributed by atoms with Crippen LogP contribution in [0.15, 0.2) is 108 Å². The predicted molar refractivity (Wildman–Crippen MR) is 183 cm³/mol. The van der Waals surface area contributed by atoms with Gasteiger partial charge in [0.15, 0.2) is 0 Å². The fraction of sp³-hybridized carbons (Fsp3) is 0.257. The summed E-state index contributed by atoms with van der Waals surface area (Å²) in [6.07, 6.45) is 0.880. The number of methoxy groups -OCH3 is 1. The molecule has 2 atom stereocenters. The van der Waals surface area contributed by atoms with Gasteiger partial charge in [0.25, 0.3) is 10.0 Å². The van der Waals surface area contributed by atoms with E-state index in [9.17, 15) is 18.0 Å². The van der Waals surface area contributed by atoms with Crippen molar-refractivity contribution >= 4 is 50.7 Å². The van der Waals surface area contributed by atoms with E-state index in [4.69, 9.17) is 27.9 Å². The molecule has 0 heterocycles. The van der Waals surface area contributed by atoms with Gasteiger partial charge in [-0.25, -0.2) is 8.42 Å². The standard InChI is InChI=1S/C35H37Cl2N3O5S/c1-4-25(2)38-35(42)32(21-26-12-7-5-8-13-26)39(23-27-14-11-15-28(36)20-27)34(41)24-40(31-22-29(37)18-19-33(31)45-3)46(43,44)30-16-9-6-10-17-30/h5-20,22,25,32H,4,21,23-24H2,1-3H3,(H,38,42)/t25-,32-/m0/s1. The van der Waals surface area contributed by atoms with Gasteiger partial charge in [-0.05, 0) is 66.9 Å². The number of nitrogens with one attached hydrogen (secondary N) is 1. The number of carbonyl (C=O) groups excluding carboxylic acids is 2. The van der Waals surface area contributed by atoms with Crippen molar-refractivity contribution in [2.24, 2.45) is 0 Å². The lowest BCUT2D eigenvalue weighted by atomic mass is 10.0. The highest BCUT2D eigenvalue weighted by atomic mass is 35.5. The molecule has 11 heteroatoms. The van der Waals surface area contributed by atoms with Crippen LogP contribution in [-0.2, 0) is 32.6 Å². The molecular formula is C35H37Cl2N3O5S. The first kappa shape index (κ1) is 34.8. The van der Waals surface area contributed by atoms with Gasteiger partial charge in [-0.2, -0.15) is 0 Å². The third-order valence-electron chi connectivity index (χ3n) is 7.53. The highest BCUT2D eigenvalue weighted by Crippen LogP contribution is 2.35. The highest BCUT2D eigenvalue weighted by molar-refractivity contribution is 7.92. The minimum Gasteiger partial charge on any atom is -0.495 e. The zero-order valence-corrected chi connectivity index (χ0v) is 28.2. The third kappa shape index (κ3) is 8.81. The Kier molecular flexibility index (Phi) is 12.1. The number of amides is 2. The van der Waals surface area contributed by atoms with Gasteiger partial charge in [0.2, 0.25) is 11.8 Å². The molecule has 8 nitrogen and oxygen atoms in total. The Hall–Kier alpha value is -4.05. The minimum atomic E-state index is -4.31. The zero-order valence-electron chi connectivity index (χ0n) is 25.9. The average Bonchev–Trinajstić information content (AvgIpc) is 3.05. The number of ether oxygens (including phenoxy) is 1. The van der Waals surface area contributed by atoms with Crippen molar-refractivity contribution in [2.45, 2.75) is 50.2 Å². The Balaban J connectivity index is 1.85. The number of carbonyl (C=O) groups is 2. The fourth-order valence-electron chi connectivity index (χ4n) is 4.92. The molecule has 46 heavy (non-hydrogen) atoms. The van der Waals surface area contributed by atoms with Crippen molar-refractivity contribution in [1.29, 1.82) is 0 Å². The monoisotopic (exact) mass is 681 g/mol. The van der Waals surface area contributed by atoms with Gasteiger partial charge in [0.1, 0.15) is 18.3 Å². The van der Waals surface area contributed by atoms with Crippen LogP contribution in [0.5, 0.6) is 5.75 Å². The maximum atomic E-state index is 14.6. The fourth-order valence-corrected chi connectivity index (χ4v) is 6.73. The number of hydrogen-bond acceptors (Lipinski definition) is 5. The Bertz CT molecular complexity index is 1740. The Morgan fingerprint density at radius 3 is 2.11 bits per heavy atom. The van der Waals surface area contributed by atoms with Crippen LogP contribution >= 0.6 is 23.2 Å². The van der Waals surface area contributed by atoms with Gasteiger partial charge in [0.05, 0.1) is 17.7 Å². The van der Waals surface area contributed by atoms with Crippen LogP contribution in [0.25, 0.3) is 0 Å². The first-order valence-corrected chi connectivity index (χ1v) is 17.0. The summed E-state index contributed by atoms with van der Waals surface area (Å²) in [4.78, 5) is 29.9. The number of benzene rings is 4. The average molecular weight is 683 g/mol. The smallest absolute Gasteiger partial charge is 0.264 e. The molecule has 0 aromatic heterocycles. The van der Waals surface area contributed by atoms with Gasteiger partial charge >= 0.3 is 0 Å². The molecule has 0 spiro atoms. The number of hydrogen-bond donors (Lipinski definition) is 1. The maximum absolute atomic E-state index is 14.6. The first-order valence-electron chi connectivity index (χ1n) is 14.8. The molecule has 4 aromatic carbocycles. The van der Waals surface area contributed by atoms with Gasteiger partial charge in [-0.1, -0.05) is 90.8 Å². The normalized spacial score (nSPS) is 12.5. The van der Waals surface area contributed by atoms with E-state index in [1.807, 2.05) is 44.2 Å². The molecule has 0 radical (unpaired) electrons. The van der Waals surface area contributed by atoms with Crippen LogP contribution in [0.4, 0.5) is 5.69 Å². The van der Waals surface area contributed by atoms with E-state index < -0.39 is 28.5 Å². The van der Waals surface area contributed by atoms with E-state index in [0.29, 0.717) is 17.0 Å². The van der Waals surface area contributed by atoms with Crippen molar-refractivity contribution in [3.05, 3.63) is 124 Å². The lowest BCUT2D eigenvalue weighted by Crippen LogP contribution is -2.54. The van der Waals surface area contributed by atoms with Gasteiger partial charge in [-0.3, -0.25) is 13.9 Å². The highest BCUT2D eigenvalue weighted by Gasteiger charge is 2.36. The van der Waals surface area contributed by atoms with Crippen LogP contribution in [0, 0.1) is 0 Å². The summed E-state index contributed by atoms with van der Waals surface area (Å²) in [7, 11) is -2.91. The summed E-state index contributed by atoms with van der Waals surface area (Å²) in [6, 6.07) is 27.6. The summed E-state index contributed by atoms with van der Waals surface area (Å²) in [5.74, 6) is -0.762. The van der Waals surface area contributed by atoms with E-state index in [1.54, 1.807) is 48.5 Å². The molecule has 242 valence electrons.